The van der Waals surface area contributed by atoms with Gasteiger partial charge in [-0.2, -0.15) is 0 Å². The molecule has 1 fully saturated rings. The number of nitrogens with one attached hydrogen (secondary N) is 1. The standard InChI is InChI=1S/C12H17NO9/c1-4(14)13-7-8(20-5(2)15)9(21-6(3)16)10(11(17)18)22-12(7)19/h7-10,12,19H,1-3H3,(H,13,14)(H,17,18)/t7-,8-,9-,10+,12-/m0/s1. The number of hydrogen-bond donors (Lipinski definition) is 3. The normalized spacial score (nSPS) is 31.0. The maximum atomic E-state index is 11.2. The molecule has 0 radical (unpaired) electrons. The number of carbonyl (C=O) groups excluding carboxylic acids is 3. The van der Waals surface area contributed by atoms with Crippen LogP contribution >= 0.6 is 0 Å². The molecule has 124 valence electrons. The fraction of sp³-hybridized carbons (Fsp3) is 0.667. The van der Waals surface area contributed by atoms with Gasteiger partial charge < -0.3 is 29.7 Å². The van der Waals surface area contributed by atoms with Crippen LogP contribution in [-0.4, -0.2) is 64.7 Å². The highest BCUT2D eigenvalue weighted by Gasteiger charge is 2.52. The molecular formula is C12H17NO9. The van der Waals surface area contributed by atoms with Crippen LogP contribution < -0.4 is 5.32 Å². The molecule has 0 aliphatic carbocycles. The lowest BCUT2D eigenvalue weighted by molar-refractivity contribution is -0.258. The predicted molar refractivity (Wildman–Crippen MR) is 67.2 cm³/mol. The lowest BCUT2D eigenvalue weighted by atomic mass is 9.96. The Morgan fingerprint density at radius 2 is 1.50 bits per heavy atom. The molecule has 0 bridgehead atoms. The van der Waals surface area contributed by atoms with Crippen LogP contribution in [0.3, 0.4) is 0 Å². The van der Waals surface area contributed by atoms with Gasteiger partial charge in [-0.3, -0.25) is 14.4 Å². The zero-order chi connectivity index (χ0) is 17.0. The monoisotopic (exact) mass is 319 g/mol. The number of ether oxygens (including phenoxy) is 3. The van der Waals surface area contributed by atoms with Crippen LogP contribution in [0.1, 0.15) is 20.8 Å². The molecule has 0 saturated carbocycles. The van der Waals surface area contributed by atoms with E-state index in [1.165, 1.54) is 0 Å². The van der Waals surface area contributed by atoms with E-state index in [1.54, 1.807) is 0 Å². The maximum Gasteiger partial charge on any atom is 0.337 e. The molecule has 0 aromatic heterocycles. The fourth-order valence-electron chi connectivity index (χ4n) is 2.09. The second-order valence-corrected chi connectivity index (χ2v) is 4.66. The number of carbonyl (C=O) groups is 4. The van der Waals surface area contributed by atoms with Crippen LogP contribution in [0.4, 0.5) is 0 Å². The van der Waals surface area contributed by atoms with Gasteiger partial charge in [-0.15, -0.1) is 0 Å². The molecule has 0 aromatic rings. The number of carboxylic acid groups (broad SMARTS) is 1. The third-order valence-corrected chi connectivity index (χ3v) is 2.79. The van der Waals surface area contributed by atoms with Crippen molar-refractivity contribution >= 4 is 23.8 Å². The number of esters is 2. The average molecular weight is 319 g/mol. The first-order valence-electron chi connectivity index (χ1n) is 6.31. The van der Waals surface area contributed by atoms with E-state index >= 15 is 0 Å². The average Bonchev–Trinajstić information content (AvgIpc) is 2.34. The Hall–Kier alpha value is -2.20. The van der Waals surface area contributed by atoms with Crippen molar-refractivity contribution in [3.63, 3.8) is 0 Å². The SMILES string of the molecule is CC(=O)N[C@H]1[C@H](OC(C)=O)[C@H](OC(C)=O)[C@H](C(=O)O)O[C@@H]1O. The Balaban J connectivity index is 3.18. The van der Waals surface area contributed by atoms with E-state index in [0.717, 1.165) is 20.8 Å². The largest absolute Gasteiger partial charge is 0.479 e. The molecule has 0 unspecified atom stereocenters. The molecule has 1 amide bonds. The van der Waals surface area contributed by atoms with Crippen molar-refractivity contribution in [2.45, 2.75) is 51.4 Å². The minimum atomic E-state index is -1.76. The van der Waals surface area contributed by atoms with Gasteiger partial charge in [0, 0.05) is 20.8 Å². The summed E-state index contributed by atoms with van der Waals surface area (Å²) in [4.78, 5) is 44.8. The number of amides is 1. The number of aliphatic carboxylic acids is 1. The highest BCUT2D eigenvalue weighted by molar-refractivity contribution is 5.76. The highest BCUT2D eigenvalue weighted by Crippen LogP contribution is 2.25. The minimum Gasteiger partial charge on any atom is -0.479 e. The molecule has 1 heterocycles. The van der Waals surface area contributed by atoms with Crippen LogP contribution in [0.2, 0.25) is 0 Å². The molecule has 10 heteroatoms. The summed E-state index contributed by atoms with van der Waals surface area (Å²) in [5.74, 6) is -3.76. The van der Waals surface area contributed by atoms with Gasteiger partial charge in [-0.25, -0.2) is 4.79 Å². The highest BCUT2D eigenvalue weighted by atomic mass is 16.7. The molecule has 1 saturated heterocycles. The first-order chi connectivity index (χ1) is 10.1. The molecule has 1 rings (SSSR count). The van der Waals surface area contributed by atoms with Crippen molar-refractivity contribution in [3.05, 3.63) is 0 Å². The molecular weight excluding hydrogens is 302 g/mol. The summed E-state index contributed by atoms with van der Waals surface area (Å²) in [6, 6.07) is -1.29. The topological polar surface area (TPSA) is 148 Å². The Morgan fingerprint density at radius 3 is 1.91 bits per heavy atom. The molecule has 10 nitrogen and oxygen atoms in total. The van der Waals surface area contributed by atoms with Crippen molar-refractivity contribution in [1.82, 2.24) is 5.32 Å². The van der Waals surface area contributed by atoms with Gasteiger partial charge in [0.25, 0.3) is 0 Å². The number of rotatable bonds is 4. The lowest BCUT2D eigenvalue weighted by Gasteiger charge is -2.42. The third kappa shape index (κ3) is 4.40. The van der Waals surface area contributed by atoms with Crippen molar-refractivity contribution < 1.29 is 43.6 Å². The van der Waals surface area contributed by atoms with Gasteiger partial charge >= 0.3 is 17.9 Å². The van der Waals surface area contributed by atoms with Crippen molar-refractivity contribution in [1.29, 1.82) is 0 Å². The summed E-state index contributed by atoms with van der Waals surface area (Å²) >= 11 is 0. The molecule has 0 aromatic carbocycles. The summed E-state index contributed by atoms with van der Waals surface area (Å²) in [5.41, 5.74) is 0. The van der Waals surface area contributed by atoms with Crippen molar-refractivity contribution in [2.24, 2.45) is 0 Å². The molecule has 0 spiro atoms. The van der Waals surface area contributed by atoms with E-state index < -0.39 is 54.5 Å². The molecule has 3 N–H and O–H groups in total. The Bertz CT molecular complexity index is 477. The first-order valence-corrected chi connectivity index (χ1v) is 6.31. The van der Waals surface area contributed by atoms with Gasteiger partial charge in [0.15, 0.2) is 24.6 Å². The van der Waals surface area contributed by atoms with Crippen LogP contribution in [0.15, 0.2) is 0 Å². The second-order valence-electron chi connectivity index (χ2n) is 4.66. The summed E-state index contributed by atoms with van der Waals surface area (Å²) in [7, 11) is 0. The number of carboxylic acids is 1. The smallest absolute Gasteiger partial charge is 0.337 e. The van der Waals surface area contributed by atoms with E-state index in [4.69, 9.17) is 19.3 Å². The van der Waals surface area contributed by atoms with E-state index in [2.05, 4.69) is 5.32 Å². The maximum absolute atomic E-state index is 11.2. The van der Waals surface area contributed by atoms with Gasteiger partial charge in [0.2, 0.25) is 5.91 Å². The number of aliphatic hydroxyl groups excluding tert-OH is 1. The van der Waals surface area contributed by atoms with E-state index in [9.17, 15) is 24.3 Å². The zero-order valence-electron chi connectivity index (χ0n) is 12.1. The van der Waals surface area contributed by atoms with Crippen LogP contribution in [0.25, 0.3) is 0 Å². The minimum absolute atomic E-state index is 0.583. The number of hydrogen-bond acceptors (Lipinski definition) is 8. The first kappa shape index (κ1) is 17.9. The van der Waals surface area contributed by atoms with E-state index in [1.807, 2.05) is 0 Å². The van der Waals surface area contributed by atoms with Crippen molar-refractivity contribution in [2.75, 3.05) is 0 Å². The summed E-state index contributed by atoms with van der Waals surface area (Å²) in [6.07, 6.45) is -6.47. The zero-order valence-corrected chi connectivity index (χ0v) is 12.1. The summed E-state index contributed by atoms with van der Waals surface area (Å²) < 4.78 is 14.6. The third-order valence-electron chi connectivity index (χ3n) is 2.79. The Labute approximate surface area is 125 Å². The summed E-state index contributed by atoms with van der Waals surface area (Å²) in [6.45, 7) is 3.22. The van der Waals surface area contributed by atoms with E-state index in [0.29, 0.717) is 0 Å². The van der Waals surface area contributed by atoms with E-state index in [-0.39, 0.29) is 0 Å². The Kier molecular flexibility index (Phi) is 5.83. The van der Waals surface area contributed by atoms with Gasteiger partial charge in [-0.1, -0.05) is 0 Å². The summed E-state index contributed by atoms with van der Waals surface area (Å²) in [5, 5.41) is 21.2. The van der Waals surface area contributed by atoms with Gasteiger partial charge in [-0.05, 0) is 0 Å². The van der Waals surface area contributed by atoms with Crippen LogP contribution in [-0.2, 0) is 33.4 Å². The molecule has 22 heavy (non-hydrogen) atoms. The van der Waals surface area contributed by atoms with Crippen LogP contribution in [0, 0.1) is 0 Å². The number of aliphatic hydroxyl groups is 1. The quantitative estimate of drug-likeness (QED) is 0.508. The predicted octanol–water partition coefficient (Wildman–Crippen LogP) is -1.84. The van der Waals surface area contributed by atoms with Crippen LogP contribution in [0.5, 0.6) is 0 Å². The van der Waals surface area contributed by atoms with Gasteiger partial charge in [0.1, 0.15) is 6.04 Å². The molecule has 5 atom stereocenters. The van der Waals surface area contributed by atoms with Gasteiger partial charge in [0.05, 0.1) is 0 Å². The second kappa shape index (κ2) is 7.18. The molecule has 1 aliphatic heterocycles. The fourth-order valence-corrected chi connectivity index (χ4v) is 2.09. The molecule has 1 aliphatic rings. The Morgan fingerprint density at radius 1 is 1.00 bits per heavy atom. The van der Waals surface area contributed by atoms with Crippen molar-refractivity contribution in [3.8, 4) is 0 Å². The lowest BCUT2D eigenvalue weighted by Crippen LogP contribution is -2.66.